The summed E-state index contributed by atoms with van der Waals surface area (Å²) >= 11 is 3.35. The van der Waals surface area contributed by atoms with Crippen LogP contribution < -0.4 is 15.1 Å². The largest absolute Gasteiger partial charge is 0.365 e. The first-order chi connectivity index (χ1) is 15.0. The van der Waals surface area contributed by atoms with Crippen molar-refractivity contribution in [3.8, 4) is 0 Å². The van der Waals surface area contributed by atoms with Crippen molar-refractivity contribution in [2.45, 2.75) is 33.2 Å². The van der Waals surface area contributed by atoms with Crippen LogP contribution >= 0.6 is 15.9 Å². The molecule has 4 rings (SSSR count). The zero-order chi connectivity index (χ0) is 23.4. The highest BCUT2D eigenvalue weighted by molar-refractivity contribution is 9.10. The molecule has 2 aliphatic heterocycles. The number of fused-ring (bicyclic) bond motifs is 1. The number of urea groups is 1. The van der Waals surface area contributed by atoms with Crippen LogP contribution in [0, 0.1) is 6.92 Å². The lowest BCUT2D eigenvalue weighted by molar-refractivity contribution is -0.122. The van der Waals surface area contributed by atoms with E-state index in [0.717, 1.165) is 37.3 Å². The number of halogens is 1. The maximum atomic E-state index is 13.2. The number of carbonyl (C=O) groups is 3. The number of rotatable bonds is 2. The van der Waals surface area contributed by atoms with E-state index in [1.807, 2.05) is 13.0 Å². The highest BCUT2D eigenvalue weighted by Gasteiger charge is 2.37. The lowest BCUT2D eigenvalue weighted by Gasteiger charge is -2.41. The minimum absolute atomic E-state index is 0.0845. The van der Waals surface area contributed by atoms with Gasteiger partial charge in [-0.15, -0.1) is 0 Å². The van der Waals surface area contributed by atoms with Crippen LogP contribution in [0.5, 0.6) is 0 Å². The average molecular weight is 494 g/mol. The summed E-state index contributed by atoms with van der Waals surface area (Å²) in [4.78, 5) is 41.4. The number of nitrogens with zero attached hydrogens (tertiary/aromatic N) is 2. The number of aryl methyl sites for hydroxylation is 1. The van der Waals surface area contributed by atoms with E-state index in [2.05, 4.69) is 66.1 Å². The molecule has 1 N–H and O–H groups in total. The lowest BCUT2D eigenvalue weighted by Crippen LogP contribution is -2.54. The summed E-state index contributed by atoms with van der Waals surface area (Å²) in [5, 5.41) is 2.28. The van der Waals surface area contributed by atoms with E-state index in [4.69, 9.17) is 0 Å². The molecule has 0 radical (unpaired) electrons. The van der Waals surface area contributed by atoms with Gasteiger partial charge in [-0.3, -0.25) is 14.9 Å². The van der Waals surface area contributed by atoms with Gasteiger partial charge >= 0.3 is 6.03 Å². The first kappa shape index (κ1) is 22.0. The van der Waals surface area contributed by atoms with Crippen molar-refractivity contribution >= 4 is 56.8 Å². The highest BCUT2D eigenvalue weighted by atomic mass is 79.9. The number of benzene rings is 2. The van der Waals surface area contributed by atoms with Gasteiger partial charge in [0.15, 0.2) is 0 Å². The van der Waals surface area contributed by atoms with Crippen molar-refractivity contribution in [3.63, 3.8) is 0 Å². The van der Waals surface area contributed by atoms with Crippen LogP contribution in [0.2, 0.25) is 0 Å². The van der Waals surface area contributed by atoms with Crippen LogP contribution in [-0.4, -0.2) is 30.4 Å². The summed E-state index contributed by atoms with van der Waals surface area (Å²) in [5.41, 5.74) is 5.14. The van der Waals surface area contributed by atoms with Crippen LogP contribution in [0.25, 0.3) is 11.6 Å². The van der Waals surface area contributed by atoms with Crippen molar-refractivity contribution in [3.05, 3.63) is 69.2 Å². The number of hydrogen-bond acceptors (Lipinski definition) is 4. The number of likely N-dealkylation sites (N-methyl/N-ethyl adjacent to an activating group) is 1. The Hall–Kier alpha value is -3.19. The molecule has 0 saturated carbocycles. The van der Waals surface area contributed by atoms with Crippen LogP contribution in [0.3, 0.4) is 0 Å². The Kier molecular flexibility index (Phi) is 5.33. The van der Waals surface area contributed by atoms with E-state index in [1.165, 1.54) is 0 Å². The van der Waals surface area contributed by atoms with Gasteiger partial charge in [0.1, 0.15) is 5.57 Å². The number of hydrogen-bond donors (Lipinski definition) is 1. The molecule has 0 spiro atoms. The second-order valence-corrected chi connectivity index (χ2v) is 9.62. The van der Waals surface area contributed by atoms with Gasteiger partial charge in [0.2, 0.25) is 0 Å². The summed E-state index contributed by atoms with van der Waals surface area (Å²) in [5.74, 6) is -1.35. The molecule has 32 heavy (non-hydrogen) atoms. The topological polar surface area (TPSA) is 69.7 Å². The maximum Gasteiger partial charge on any atom is 0.335 e. The van der Waals surface area contributed by atoms with Crippen molar-refractivity contribution in [1.82, 2.24) is 5.32 Å². The molecule has 2 aromatic rings. The molecule has 6 nitrogen and oxygen atoms in total. The fourth-order valence-electron chi connectivity index (χ4n) is 4.14. The fraction of sp³-hybridized carbons (Fsp3) is 0.240. The van der Waals surface area contributed by atoms with E-state index >= 15 is 0 Å². The smallest absolute Gasteiger partial charge is 0.335 e. The first-order valence-electron chi connectivity index (χ1n) is 10.2. The van der Waals surface area contributed by atoms with E-state index < -0.39 is 17.8 Å². The van der Waals surface area contributed by atoms with Gasteiger partial charge < -0.3 is 4.90 Å². The van der Waals surface area contributed by atoms with E-state index in [9.17, 15) is 14.4 Å². The molecule has 4 amide bonds. The summed E-state index contributed by atoms with van der Waals surface area (Å²) in [7, 11) is 2.05. The van der Waals surface area contributed by atoms with Gasteiger partial charge in [-0.25, -0.2) is 9.69 Å². The van der Waals surface area contributed by atoms with Gasteiger partial charge in [-0.1, -0.05) is 28.1 Å². The predicted octanol–water partition coefficient (Wildman–Crippen LogP) is 5.06. The molecule has 0 unspecified atom stereocenters. The Morgan fingerprint density at radius 2 is 1.78 bits per heavy atom. The molecule has 0 bridgehead atoms. The molecule has 2 heterocycles. The van der Waals surface area contributed by atoms with Gasteiger partial charge in [0, 0.05) is 22.8 Å². The second kappa shape index (κ2) is 7.74. The average Bonchev–Trinajstić information content (AvgIpc) is 2.69. The Labute approximate surface area is 195 Å². The summed E-state index contributed by atoms with van der Waals surface area (Å²) < 4.78 is 0.720. The van der Waals surface area contributed by atoms with Crippen molar-refractivity contribution in [2.75, 3.05) is 16.8 Å². The Balaban J connectivity index is 1.80. The Morgan fingerprint density at radius 1 is 1.06 bits per heavy atom. The minimum atomic E-state index is -0.764. The number of barbiturate groups is 1. The predicted molar refractivity (Wildman–Crippen MR) is 130 cm³/mol. The molecule has 0 aliphatic carbocycles. The third-order valence-corrected chi connectivity index (χ3v) is 6.57. The summed E-state index contributed by atoms with van der Waals surface area (Å²) in [6, 6.07) is 10.1. The van der Waals surface area contributed by atoms with E-state index in [1.54, 1.807) is 30.3 Å². The van der Waals surface area contributed by atoms with Crippen molar-refractivity contribution in [2.24, 2.45) is 0 Å². The molecule has 7 heteroatoms. The standard InChI is InChI=1S/C25H24BrN3O3/c1-14-9-21-19(15(2)13-25(3,4)28(21)5)10-16(14)11-20-22(30)27-24(32)29(23(20)31)18-8-6-7-17(26)12-18/h6-13H,1-5H3,(H,27,30,32)/b20-11+. The van der Waals surface area contributed by atoms with Gasteiger partial charge in [-0.05, 0) is 80.8 Å². The van der Waals surface area contributed by atoms with Gasteiger partial charge in [0.25, 0.3) is 11.8 Å². The molecular weight excluding hydrogens is 470 g/mol. The quantitative estimate of drug-likeness (QED) is 0.469. The number of carbonyl (C=O) groups excluding carboxylic acids is 3. The molecule has 0 atom stereocenters. The van der Waals surface area contributed by atoms with Crippen LogP contribution in [0.15, 0.2) is 52.5 Å². The van der Waals surface area contributed by atoms with Crippen LogP contribution in [0.4, 0.5) is 16.2 Å². The monoisotopic (exact) mass is 493 g/mol. The number of imide groups is 2. The van der Waals surface area contributed by atoms with Gasteiger partial charge in [-0.2, -0.15) is 0 Å². The number of amides is 4. The number of allylic oxidation sites excluding steroid dienone is 1. The SMILES string of the molecule is CC1=CC(C)(C)N(C)c2cc(C)c(/C=C3\C(=O)NC(=O)N(c4cccc(Br)c4)C3=O)cc21. The molecule has 1 fully saturated rings. The zero-order valence-corrected chi connectivity index (χ0v) is 20.2. The second-order valence-electron chi connectivity index (χ2n) is 8.70. The normalized spacial score (nSPS) is 19.1. The third kappa shape index (κ3) is 3.66. The number of nitrogens with one attached hydrogen (secondary N) is 1. The Bertz CT molecular complexity index is 1240. The fourth-order valence-corrected chi connectivity index (χ4v) is 4.52. The van der Waals surface area contributed by atoms with Crippen LogP contribution in [0.1, 0.15) is 37.5 Å². The van der Waals surface area contributed by atoms with Crippen molar-refractivity contribution < 1.29 is 14.4 Å². The third-order valence-electron chi connectivity index (χ3n) is 6.07. The molecule has 1 saturated heterocycles. The maximum absolute atomic E-state index is 13.2. The molecule has 2 aliphatic rings. The molecule has 164 valence electrons. The molecule has 0 aromatic heterocycles. The zero-order valence-electron chi connectivity index (χ0n) is 18.6. The van der Waals surface area contributed by atoms with Crippen LogP contribution in [-0.2, 0) is 9.59 Å². The Morgan fingerprint density at radius 3 is 2.47 bits per heavy atom. The lowest BCUT2D eigenvalue weighted by atomic mass is 9.87. The number of anilines is 2. The summed E-state index contributed by atoms with van der Waals surface area (Å²) in [6.07, 6.45) is 3.77. The highest BCUT2D eigenvalue weighted by Crippen LogP contribution is 2.39. The van der Waals surface area contributed by atoms with E-state index in [-0.39, 0.29) is 11.1 Å². The van der Waals surface area contributed by atoms with E-state index in [0.29, 0.717) is 5.69 Å². The van der Waals surface area contributed by atoms with Crippen molar-refractivity contribution in [1.29, 1.82) is 0 Å². The molecular formula is C25H24BrN3O3. The van der Waals surface area contributed by atoms with Gasteiger partial charge in [0.05, 0.1) is 11.2 Å². The molecule has 2 aromatic carbocycles. The summed E-state index contributed by atoms with van der Waals surface area (Å²) in [6.45, 7) is 8.32. The first-order valence-corrected chi connectivity index (χ1v) is 11.0. The minimum Gasteiger partial charge on any atom is -0.365 e.